The lowest BCUT2D eigenvalue weighted by Crippen LogP contribution is -2.46. The number of hydrogen-bond acceptors (Lipinski definition) is 6. The van der Waals surface area contributed by atoms with E-state index in [1.54, 1.807) is 7.11 Å². The van der Waals surface area contributed by atoms with E-state index in [-0.39, 0.29) is 11.9 Å². The van der Waals surface area contributed by atoms with Gasteiger partial charge in [0.15, 0.2) is 0 Å². The molecule has 0 radical (unpaired) electrons. The molecule has 0 aromatic carbocycles. The fraction of sp³-hybridized carbons (Fsp3) is 0.391. The summed E-state index contributed by atoms with van der Waals surface area (Å²) < 4.78 is 7.07. The Labute approximate surface area is 182 Å². The number of likely N-dealkylation sites (N-methyl/N-ethyl adjacent to an activating group) is 1. The number of hydrogen-bond donors (Lipinski definition) is 1. The summed E-state index contributed by atoms with van der Waals surface area (Å²) in [5, 5.41) is 7.49. The number of amides is 1. The third kappa shape index (κ3) is 4.38. The van der Waals surface area contributed by atoms with Gasteiger partial charge in [-0.15, -0.1) is 0 Å². The molecule has 0 unspecified atom stereocenters. The van der Waals surface area contributed by atoms with Crippen LogP contribution >= 0.6 is 0 Å². The Kier molecular flexibility index (Phi) is 5.88. The second-order valence-corrected chi connectivity index (χ2v) is 7.83. The predicted molar refractivity (Wildman–Crippen MR) is 120 cm³/mol. The van der Waals surface area contributed by atoms with E-state index in [0.717, 1.165) is 53.3 Å². The normalized spacial score (nSPS) is 15.5. The van der Waals surface area contributed by atoms with Gasteiger partial charge in [-0.05, 0) is 43.9 Å². The van der Waals surface area contributed by atoms with E-state index >= 15 is 0 Å². The van der Waals surface area contributed by atoms with E-state index in [1.165, 1.54) is 0 Å². The lowest BCUT2D eigenvalue weighted by molar-refractivity contribution is -0.117. The maximum absolute atomic E-state index is 12.3. The highest BCUT2D eigenvalue weighted by molar-refractivity contribution is 6.04. The molecule has 1 atom stereocenters. The van der Waals surface area contributed by atoms with Crippen LogP contribution in [-0.2, 0) is 24.2 Å². The minimum atomic E-state index is -0.148. The average molecular weight is 421 g/mol. The Hall–Kier alpha value is -3.42. The minimum absolute atomic E-state index is 0.0353. The van der Waals surface area contributed by atoms with E-state index in [0.29, 0.717) is 12.4 Å². The number of aromatic nitrogens is 4. The largest absolute Gasteiger partial charge is 0.481 e. The van der Waals surface area contributed by atoms with E-state index < -0.39 is 0 Å². The van der Waals surface area contributed by atoms with Gasteiger partial charge in [0, 0.05) is 25.0 Å². The van der Waals surface area contributed by atoms with Crippen molar-refractivity contribution in [2.45, 2.75) is 45.7 Å². The van der Waals surface area contributed by atoms with Crippen LogP contribution in [0.5, 0.6) is 5.88 Å². The van der Waals surface area contributed by atoms with Gasteiger partial charge in [-0.3, -0.25) is 14.5 Å². The molecule has 162 valence electrons. The van der Waals surface area contributed by atoms with Crippen LogP contribution in [0.3, 0.4) is 0 Å². The summed E-state index contributed by atoms with van der Waals surface area (Å²) in [7, 11) is 3.59. The minimum Gasteiger partial charge on any atom is -0.481 e. The zero-order valence-corrected chi connectivity index (χ0v) is 18.4. The zero-order valence-electron chi connectivity index (χ0n) is 18.4. The molecule has 0 saturated heterocycles. The number of carbonyl (C=O) groups excluding carboxylic acids is 1. The molecule has 1 N–H and O–H groups in total. The van der Waals surface area contributed by atoms with Crippen LogP contribution in [0.4, 0.5) is 11.4 Å². The molecule has 0 bridgehead atoms. The Morgan fingerprint density at radius 3 is 2.81 bits per heavy atom. The standard InChI is InChI=1S/C23H28N6O2/c1-5-19-23(30)27-22-15(2)25-17(11-20(22)28(19)3)10-9-16-12-24-29(13-16)14-18-7-6-8-21(26-18)31-4/h6-8,11-13,19H,5,9-10,14H2,1-4H3,(H,27,30)/t19-/m0/s1. The molecule has 0 fully saturated rings. The van der Waals surface area contributed by atoms with E-state index in [9.17, 15) is 4.79 Å². The first-order valence-electron chi connectivity index (χ1n) is 10.5. The van der Waals surface area contributed by atoms with Crippen LogP contribution in [-0.4, -0.2) is 45.9 Å². The lowest BCUT2D eigenvalue weighted by Gasteiger charge is -2.35. The first-order valence-corrected chi connectivity index (χ1v) is 10.5. The number of ether oxygens (including phenoxy) is 1. The molecule has 4 rings (SSSR count). The first-order chi connectivity index (χ1) is 15.0. The number of pyridine rings is 2. The van der Waals surface area contributed by atoms with Gasteiger partial charge in [-0.2, -0.15) is 5.10 Å². The van der Waals surface area contributed by atoms with Crippen molar-refractivity contribution in [1.82, 2.24) is 19.7 Å². The summed E-state index contributed by atoms with van der Waals surface area (Å²) in [6, 6.07) is 7.66. The molecule has 0 saturated carbocycles. The highest BCUT2D eigenvalue weighted by Gasteiger charge is 2.30. The van der Waals surface area contributed by atoms with E-state index in [4.69, 9.17) is 9.72 Å². The molecule has 1 amide bonds. The summed E-state index contributed by atoms with van der Waals surface area (Å²) in [5.41, 5.74) is 5.76. The van der Waals surface area contributed by atoms with E-state index in [2.05, 4.69) is 26.4 Å². The van der Waals surface area contributed by atoms with Crippen molar-refractivity contribution < 1.29 is 9.53 Å². The maximum Gasteiger partial charge on any atom is 0.247 e. The SMILES string of the molecule is CC[C@H]1C(=O)Nc2c(cc(CCc3cnn(Cc4cccc(OC)n4)c3)nc2C)N1C. The van der Waals surface area contributed by atoms with Gasteiger partial charge in [-0.1, -0.05) is 13.0 Å². The predicted octanol–water partition coefficient (Wildman–Crippen LogP) is 2.99. The summed E-state index contributed by atoms with van der Waals surface area (Å²) in [6.45, 7) is 4.57. The van der Waals surface area contributed by atoms with Crippen LogP contribution in [0.25, 0.3) is 0 Å². The second-order valence-electron chi connectivity index (χ2n) is 7.83. The van der Waals surface area contributed by atoms with Crippen molar-refractivity contribution in [1.29, 1.82) is 0 Å². The van der Waals surface area contributed by atoms with Gasteiger partial charge >= 0.3 is 0 Å². The van der Waals surface area contributed by atoms with E-state index in [1.807, 2.05) is 56.2 Å². The molecule has 8 heteroatoms. The number of nitrogens with zero attached hydrogens (tertiary/aromatic N) is 5. The highest BCUT2D eigenvalue weighted by Crippen LogP contribution is 2.34. The van der Waals surface area contributed by atoms with Crippen LogP contribution in [0.2, 0.25) is 0 Å². The number of methoxy groups -OCH3 is 1. The topological polar surface area (TPSA) is 85.2 Å². The van der Waals surface area contributed by atoms with Gasteiger partial charge in [0.1, 0.15) is 6.04 Å². The van der Waals surface area contributed by atoms with Gasteiger partial charge in [0.2, 0.25) is 11.8 Å². The van der Waals surface area contributed by atoms with Crippen LogP contribution in [0.1, 0.15) is 36.0 Å². The Bertz CT molecular complexity index is 1090. The van der Waals surface area contributed by atoms with Crippen molar-refractivity contribution in [2.75, 3.05) is 24.4 Å². The molecular weight excluding hydrogens is 392 g/mol. The van der Waals surface area contributed by atoms with Crippen LogP contribution < -0.4 is 15.0 Å². The zero-order chi connectivity index (χ0) is 22.0. The summed E-state index contributed by atoms with van der Waals surface area (Å²) >= 11 is 0. The Morgan fingerprint density at radius 1 is 1.19 bits per heavy atom. The number of aryl methyl sites for hydroxylation is 3. The second kappa shape index (κ2) is 8.75. The Morgan fingerprint density at radius 2 is 2.03 bits per heavy atom. The smallest absolute Gasteiger partial charge is 0.247 e. The summed E-state index contributed by atoms with van der Waals surface area (Å²) in [5.74, 6) is 0.637. The van der Waals surface area contributed by atoms with Gasteiger partial charge in [0.05, 0.1) is 42.6 Å². The van der Waals surface area contributed by atoms with Crippen LogP contribution in [0, 0.1) is 6.92 Å². The summed E-state index contributed by atoms with van der Waals surface area (Å²) in [4.78, 5) is 23.5. The van der Waals surface area contributed by atoms with Crippen molar-refractivity contribution in [3.05, 3.63) is 59.3 Å². The number of rotatable bonds is 7. The number of carbonyl (C=O) groups is 1. The Balaban J connectivity index is 1.45. The van der Waals surface area contributed by atoms with Crippen LogP contribution in [0.15, 0.2) is 36.7 Å². The molecule has 3 aromatic heterocycles. The van der Waals surface area contributed by atoms with Gasteiger partial charge < -0.3 is 15.0 Å². The molecule has 31 heavy (non-hydrogen) atoms. The molecule has 1 aliphatic heterocycles. The molecule has 0 aliphatic carbocycles. The first kappa shape index (κ1) is 20.8. The van der Waals surface area contributed by atoms with Crippen molar-refractivity contribution in [2.24, 2.45) is 0 Å². The molecule has 3 aromatic rings. The van der Waals surface area contributed by atoms with Gasteiger partial charge in [-0.25, -0.2) is 4.98 Å². The number of fused-ring (bicyclic) bond motifs is 1. The molecular formula is C23H28N6O2. The molecule has 0 spiro atoms. The molecule has 8 nitrogen and oxygen atoms in total. The maximum atomic E-state index is 12.3. The van der Waals surface area contributed by atoms with Crippen molar-refractivity contribution in [3.8, 4) is 5.88 Å². The fourth-order valence-electron chi connectivity index (χ4n) is 4.01. The average Bonchev–Trinajstić information content (AvgIpc) is 3.21. The molecule has 4 heterocycles. The lowest BCUT2D eigenvalue weighted by atomic mass is 10.0. The molecule has 1 aliphatic rings. The van der Waals surface area contributed by atoms with Crippen molar-refractivity contribution in [3.63, 3.8) is 0 Å². The third-order valence-electron chi connectivity index (χ3n) is 5.69. The van der Waals surface area contributed by atoms with Gasteiger partial charge in [0.25, 0.3) is 0 Å². The number of nitrogens with one attached hydrogen (secondary N) is 1. The number of anilines is 2. The van der Waals surface area contributed by atoms with Crippen molar-refractivity contribution >= 4 is 17.3 Å². The highest BCUT2D eigenvalue weighted by atomic mass is 16.5. The quantitative estimate of drug-likeness (QED) is 0.633. The fourth-order valence-corrected chi connectivity index (χ4v) is 4.01. The third-order valence-corrected chi connectivity index (χ3v) is 5.69. The summed E-state index contributed by atoms with van der Waals surface area (Å²) in [6.07, 6.45) is 6.34. The monoisotopic (exact) mass is 420 g/mol.